The molecule has 7 heteroatoms. The molecule has 0 unspecified atom stereocenters. The predicted molar refractivity (Wildman–Crippen MR) is 140 cm³/mol. The van der Waals surface area contributed by atoms with E-state index in [-0.39, 0.29) is 11.1 Å². The van der Waals surface area contributed by atoms with E-state index in [0.29, 0.717) is 17.0 Å². The molecule has 0 amide bonds. The van der Waals surface area contributed by atoms with Gasteiger partial charge in [-0.1, -0.05) is 47.8 Å². The van der Waals surface area contributed by atoms with Crippen molar-refractivity contribution in [2.45, 2.75) is 0 Å². The first-order valence-electron chi connectivity index (χ1n) is 11.1. The first-order chi connectivity index (χ1) is 17.6. The van der Waals surface area contributed by atoms with Gasteiger partial charge < -0.3 is 14.5 Å². The molecule has 5 rings (SSSR count). The number of nitrogens with one attached hydrogen (secondary N) is 2. The molecule has 174 valence electrons. The van der Waals surface area contributed by atoms with Gasteiger partial charge in [-0.2, -0.15) is 0 Å². The highest BCUT2D eigenvalue weighted by molar-refractivity contribution is 6.07. The van der Waals surface area contributed by atoms with Crippen LogP contribution in [0.15, 0.2) is 106 Å². The number of rotatable bonds is 5. The van der Waals surface area contributed by atoms with Gasteiger partial charge in [-0.05, 0) is 70.9 Å². The number of nitrogens with zero attached hydrogens (tertiary/aromatic N) is 3. The summed E-state index contributed by atoms with van der Waals surface area (Å²) in [5, 5.41) is 25.3. The van der Waals surface area contributed by atoms with E-state index in [0.717, 1.165) is 39.1 Å². The summed E-state index contributed by atoms with van der Waals surface area (Å²) in [4.78, 5) is 4.46. The molecular weight excluding hydrogens is 450 g/mol. The lowest BCUT2D eigenvalue weighted by molar-refractivity contribution is 0.418. The average molecular weight is 472 g/mol. The summed E-state index contributed by atoms with van der Waals surface area (Å²) < 4.78 is 10.1. The fourth-order valence-electron chi connectivity index (χ4n) is 3.85. The Kier molecular flexibility index (Phi) is 6.03. The summed E-state index contributed by atoms with van der Waals surface area (Å²) >= 11 is 0. The normalized spacial score (nSPS) is 16.4. The van der Waals surface area contributed by atoms with Crippen molar-refractivity contribution in [1.29, 1.82) is 10.8 Å². The van der Waals surface area contributed by atoms with E-state index in [2.05, 4.69) is 28.5 Å². The Morgan fingerprint density at radius 2 is 1.44 bits per heavy atom. The van der Waals surface area contributed by atoms with Gasteiger partial charge in [-0.3, -0.25) is 10.4 Å². The van der Waals surface area contributed by atoms with Crippen LogP contribution in [0, 0.1) is 10.8 Å². The molecule has 0 aliphatic heterocycles. The van der Waals surface area contributed by atoms with E-state index in [9.17, 15) is 0 Å². The second-order valence-electron chi connectivity index (χ2n) is 8.04. The molecule has 2 aliphatic carbocycles. The Morgan fingerprint density at radius 3 is 2.08 bits per heavy atom. The molecule has 3 aromatic rings. The third-order valence-corrected chi connectivity index (χ3v) is 5.77. The van der Waals surface area contributed by atoms with Crippen LogP contribution in [-0.4, -0.2) is 21.0 Å². The van der Waals surface area contributed by atoms with Crippen molar-refractivity contribution in [3.05, 3.63) is 136 Å². The molecule has 0 aromatic carbocycles. The summed E-state index contributed by atoms with van der Waals surface area (Å²) in [5.41, 5.74) is 7.81. The van der Waals surface area contributed by atoms with Gasteiger partial charge in [0.05, 0.1) is 23.0 Å². The number of hydrogen-bond acceptors (Lipinski definition) is 7. The van der Waals surface area contributed by atoms with Crippen molar-refractivity contribution in [2.24, 2.45) is 0 Å². The maximum atomic E-state index is 8.70. The second kappa shape index (κ2) is 9.60. The van der Waals surface area contributed by atoms with E-state index >= 15 is 0 Å². The molecule has 2 aliphatic rings. The highest BCUT2D eigenvalue weighted by Gasteiger charge is 2.12. The molecule has 3 aromatic heterocycles. The van der Waals surface area contributed by atoms with E-state index < -0.39 is 0 Å². The zero-order valence-electron chi connectivity index (χ0n) is 19.2. The molecule has 0 atom stereocenters. The Morgan fingerprint density at radius 1 is 0.833 bits per heavy atom. The SMILES string of the molecule is C=CC1=Cc2conc2C=C/C1=C\C(=N)c1ccc(/C=C2\C=Cc3nocc3C=C2C=C)ncc1=N. The minimum Gasteiger partial charge on any atom is -0.364 e. The minimum atomic E-state index is 0.141. The first-order valence-corrected chi connectivity index (χ1v) is 11.1. The smallest absolute Gasteiger partial charge is 0.131 e. The standard InChI is InChI=1S/C29H21N5O2/c1-3-18-11-22-16-35-33-28(22)9-5-20(18)13-24-7-8-25(27(31)15-32-24)26(30)14-21-6-10-29-23(17-36-34-29)12-19(21)4-2/h3-17,30-31H,1-2H2/b20-13+,21-14+,30-26?,31-27?. The molecule has 0 radical (unpaired) electrons. The van der Waals surface area contributed by atoms with Crippen molar-refractivity contribution >= 4 is 36.1 Å². The molecule has 2 N–H and O–H groups in total. The Balaban J connectivity index is 1.48. The molecule has 3 heterocycles. The van der Waals surface area contributed by atoms with Crippen LogP contribution in [0.3, 0.4) is 0 Å². The fourth-order valence-corrected chi connectivity index (χ4v) is 3.85. The maximum absolute atomic E-state index is 8.70. The summed E-state index contributed by atoms with van der Waals surface area (Å²) in [5.74, 6) is 0. The molecule has 36 heavy (non-hydrogen) atoms. The highest BCUT2D eigenvalue weighted by Crippen LogP contribution is 2.27. The highest BCUT2D eigenvalue weighted by atomic mass is 16.5. The zero-order chi connectivity index (χ0) is 25.1. The van der Waals surface area contributed by atoms with E-state index in [1.54, 1.807) is 42.9 Å². The molecule has 0 spiro atoms. The van der Waals surface area contributed by atoms with Crippen molar-refractivity contribution in [3.63, 3.8) is 0 Å². The lowest BCUT2D eigenvalue weighted by atomic mass is 10.0. The van der Waals surface area contributed by atoms with Crippen molar-refractivity contribution in [3.8, 4) is 0 Å². The van der Waals surface area contributed by atoms with Gasteiger partial charge >= 0.3 is 0 Å². The third kappa shape index (κ3) is 4.45. The van der Waals surface area contributed by atoms with Gasteiger partial charge in [-0.15, -0.1) is 0 Å². The first kappa shape index (κ1) is 22.6. The summed E-state index contributed by atoms with van der Waals surface area (Å²) in [6.07, 6.45) is 23.0. The largest absolute Gasteiger partial charge is 0.364 e. The predicted octanol–water partition coefficient (Wildman–Crippen LogP) is 5.81. The monoisotopic (exact) mass is 471 g/mol. The van der Waals surface area contributed by atoms with E-state index in [4.69, 9.17) is 19.9 Å². The summed E-state index contributed by atoms with van der Waals surface area (Å²) in [6, 6.07) is 3.53. The van der Waals surface area contributed by atoms with Crippen LogP contribution in [0.25, 0.3) is 30.4 Å². The minimum absolute atomic E-state index is 0.141. The summed E-state index contributed by atoms with van der Waals surface area (Å²) in [6.45, 7) is 7.81. The van der Waals surface area contributed by atoms with Crippen molar-refractivity contribution in [1.82, 2.24) is 15.3 Å². The molecule has 7 nitrogen and oxygen atoms in total. The number of hydrogen-bond donors (Lipinski definition) is 2. The quantitative estimate of drug-likeness (QED) is 0.456. The van der Waals surface area contributed by atoms with Gasteiger partial charge in [-0.25, -0.2) is 0 Å². The third-order valence-electron chi connectivity index (χ3n) is 5.77. The lowest BCUT2D eigenvalue weighted by Crippen LogP contribution is -2.10. The van der Waals surface area contributed by atoms with Crippen molar-refractivity contribution < 1.29 is 9.05 Å². The maximum Gasteiger partial charge on any atom is 0.131 e. The van der Waals surface area contributed by atoms with Gasteiger partial charge in [0.1, 0.15) is 23.9 Å². The molecule has 0 saturated heterocycles. The Bertz CT molecular complexity index is 1650. The molecule has 0 saturated carbocycles. The molecular formula is C29H21N5O2. The molecule has 0 bridgehead atoms. The van der Waals surface area contributed by atoms with Crippen LogP contribution >= 0.6 is 0 Å². The number of aromatic nitrogens is 3. The van der Waals surface area contributed by atoms with Crippen LogP contribution in [0.2, 0.25) is 0 Å². The van der Waals surface area contributed by atoms with Crippen LogP contribution in [0.5, 0.6) is 0 Å². The van der Waals surface area contributed by atoms with Crippen molar-refractivity contribution in [2.75, 3.05) is 0 Å². The molecule has 0 fully saturated rings. The zero-order valence-corrected chi connectivity index (χ0v) is 19.2. The number of allylic oxidation sites excluding steroid dienone is 9. The topological polar surface area (TPSA) is 113 Å². The van der Waals surface area contributed by atoms with E-state index in [1.165, 1.54) is 6.20 Å². The number of fused-ring (bicyclic) bond motifs is 2. The van der Waals surface area contributed by atoms with Crippen LogP contribution in [-0.2, 0) is 0 Å². The fraction of sp³-hybridized carbons (Fsp3) is 0. The second-order valence-corrected chi connectivity index (χ2v) is 8.04. The van der Waals surface area contributed by atoms with Crippen LogP contribution in [0.4, 0.5) is 0 Å². The van der Waals surface area contributed by atoms with Gasteiger partial charge in [0.15, 0.2) is 0 Å². The van der Waals surface area contributed by atoms with Crippen LogP contribution in [0.1, 0.15) is 33.8 Å². The van der Waals surface area contributed by atoms with E-state index in [1.807, 2.05) is 42.5 Å². The average Bonchev–Trinajstić information content (AvgIpc) is 3.39. The van der Waals surface area contributed by atoms with Crippen LogP contribution < -0.4 is 5.36 Å². The Hall–Kier alpha value is -5.17. The van der Waals surface area contributed by atoms with Gasteiger partial charge in [0, 0.05) is 16.7 Å². The van der Waals surface area contributed by atoms with Gasteiger partial charge in [0.2, 0.25) is 0 Å². The Labute approximate surface area is 207 Å². The summed E-state index contributed by atoms with van der Waals surface area (Å²) in [7, 11) is 0. The van der Waals surface area contributed by atoms with Gasteiger partial charge in [0.25, 0.3) is 0 Å². The lowest BCUT2D eigenvalue weighted by Gasteiger charge is -2.03.